The lowest BCUT2D eigenvalue weighted by atomic mass is 10.1. The van der Waals surface area contributed by atoms with Gasteiger partial charge < -0.3 is 16.4 Å². The molecule has 1 rings (SSSR count). The maximum atomic E-state index is 5.80. The third kappa shape index (κ3) is 4.75. The van der Waals surface area contributed by atoms with Gasteiger partial charge in [0, 0.05) is 25.7 Å². The molecule has 0 spiro atoms. The maximum Gasteiger partial charge on any atom is 0.0292 e. The molecule has 0 fully saturated rings. The van der Waals surface area contributed by atoms with Gasteiger partial charge in [0.05, 0.1) is 0 Å². The molecule has 0 saturated heterocycles. The molecule has 1 atom stereocenters. The predicted molar refractivity (Wildman–Crippen MR) is 69.4 cm³/mol. The van der Waals surface area contributed by atoms with Crippen LogP contribution in [-0.2, 0) is 6.42 Å². The quantitative estimate of drug-likeness (QED) is 0.745. The van der Waals surface area contributed by atoms with Gasteiger partial charge >= 0.3 is 0 Å². The number of hydrogen-bond donors (Lipinski definition) is 2. The van der Waals surface area contributed by atoms with E-state index in [9.17, 15) is 0 Å². The summed E-state index contributed by atoms with van der Waals surface area (Å²) in [6.07, 6.45) is 1.06. The van der Waals surface area contributed by atoms with Crippen LogP contribution in [0.25, 0.3) is 0 Å². The van der Waals surface area contributed by atoms with Gasteiger partial charge in [0.2, 0.25) is 0 Å². The number of nitrogens with two attached hydrogens (primary N) is 2. The first-order valence-electron chi connectivity index (χ1n) is 5.81. The molecule has 0 aliphatic carbocycles. The number of hydrogen-bond acceptors (Lipinski definition) is 3. The largest absolute Gasteiger partial charge is 0.329 e. The number of benzene rings is 1. The van der Waals surface area contributed by atoms with Gasteiger partial charge in [-0.15, -0.1) is 0 Å². The number of rotatable bonds is 6. The molecule has 16 heavy (non-hydrogen) atoms. The van der Waals surface area contributed by atoms with Crippen LogP contribution in [0.3, 0.4) is 0 Å². The summed E-state index contributed by atoms with van der Waals surface area (Å²) < 4.78 is 0. The number of nitrogens with zero attached hydrogens (tertiary/aromatic N) is 1. The summed E-state index contributed by atoms with van der Waals surface area (Å²) in [5, 5.41) is 0. The summed E-state index contributed by atoms with van der Waals surface area (Å²) in [5.74, 6) is 0. The molecule has 0 amide bonds. The van der Waals surface area contributed by atoms with Crippen molar-refractivity contribution in [3.8, 4) is 0 Å². The van der Waals surface area contributed by atoms with E-state index in [1.165, 1.54) is 11.1 Å². The normalized spacial score (nSPS) is 13.1. The zero-order valence-electron chi connectivity index (χ0n) is 10.3. The molecule has 0 aliphatic heterocycles. The van der Waals surface area contributed by atoms with Gasteiger partial charge in [-0.1, -0.05) is 29.8 Å². The highest BCUT2D eigenvalue weighted by Gasteiger charge is 2.04. The van der Waals surface area contributed by atoms with Crippen molar-refractivity contribution in [1.82, 2.24) is 4.90 Å². The van der Waals surface area contributed by atoms with Crippen molar-refractivity contribution >= 4 is 0 Å². The average Bonchev–Trinajstić information content (AvgIpc) is 2.28. The van der Waals surface area contributed by atoms with Crippen molar-refractivity contribution in [1.29, 1.82) is 0 Å². The minimum Gasteiger partial charge on any atom is -0.329 e. The molecule has 0 aliphatic rings. The van der Waals surface area contributed by atoms with Crippen molar-refractivity contribution in [2.24, 2.45) is 11.5 Å². The van der Waals surface area contributed by atoms with Crippen molar-refractivity contribution in [3.63, 3.8) is 0 Å². The SMILES string of the molecule is Cc1ccc(CCN(C)CC(N)CN)cc1. The van der Waals surface area contributed by atoms with Crippen LogP contribution in [0.5, 0.6) is 0 Å². The van der Waals surface area contributed by atoms with Gasteiger partial charge in [0.1, 0.15) is 0 Å². The average molecular weight is 221 g/mol. The van der Waals surface area contributed by atoms with E-state index in [1.807, 2.05) is 0 Å². The second kappa shape index (κ2) is 6.63. The molecule has 1 aromatic carbocycles. The fourth-order valence-electron chi connectivity index (χ4n) is 1.64. The summed E-state index contributed by atoms with van der Waals surface area (Å²) >= 11 is 0. The van der Waals surface area contributed by atoms with E-state index < -0.39 is 0 Å². The molecule has 0 radical (unpaired) electrons. The minimum absolute atomic E-state index is 0.0861. The van der Waals surface area contributed by atoms with Gasteiger partial charge in [-0.2, -0.15) is 0 Å². The lowest BCUT2D eigenvalue weighted by Gasteiger charge is -2.20. The van der Waals surface area contributed by atoms with Gasteiger partial charge in [0.15, 0.2) is 0 Å². The lowest BCUT2D eigenvalue weighted by molar-refractivity contribution is 0.316. The van der Waals surface area contributed by atoms with Crippen LogP contribution in [0.4, 0.5) is 0 Å². The van der Waals surface area contributed by atoms with Crippen LogP contribution >= 0.6 is 0 Å². The Morgan fingerprint density at radius 2 is 1.88 bits per heavy atom. The minimum atomic E-state index is 0.0861. The summed E-state index contributed by atoms with van der Waals surface area (Å²) in [6, 6.07) is 8.77. The van der Waals surface area contributed by atoms with Crippen LogP contribution in [0.1, 0.15) is 11.1 Å². The van der Waals surface area contributed by atoms with E-state index in [2.05, 4.69) is 43.1 Å². The summed E-state index contributed by atoms with van der Waals surface area (Å²) in [6.45, 7) is 4.55. The van der Waals surface area contributed by atoms with Crippen LogP contribution in [0.15, 0.2) is 24.3 Å². The highest BCUT2D eigenvalue weighted by atomic mass is 15.1. The van der Waals surface area contributed by atoms with Gasteiger partial charge in [0.25, 0.3) is 0 Å². The van der Waals surface area contributed by atoms with Gasteiger partial charge in [-0.05, 0) is 26.0 Å². The lowest BCUT2D eigenvalue weighted by Crippen LogP contribution is -2.41. The molecular weight excluding hydrogens is 198 g/mol. The Balaban J connectivity index is 2.31. The highest BCUT2D eigenvalue weighted by Crippen LogP contribution is 2.04. The molecule has 1 aromatic rings. The molecule has 3 nitrogen and oxygen atoms in total. The standard InChI is InChI=1S/C13H23N3/c1-11-3-5-12(6-4-11)7-8-16(2)10-13(15)9-14/h3-6,13H,7-10,14-15H2,1-2H3. The van der Waals surface area contributed by atoms with E-state index in [0.29, 0.717) is 6.54 Å². The Labute approximate surface area is 98.4 Å². The smallest absolute Gasteiger partial charge is 0.0292 e. The van der Waals surface area contributed by atoms with Crippen molar-refractivity contribution in [2.75, 3.05) is 26.7 Å². The third-order valence-corrected chi connectivity index (χ3v) is 2.75. The summed E-state index contributed by atoms with van der Waals surface area (Å²) in [4.78, 5) is 2.23. The van der Waals surface area contributed by atoms with Crippen LogP contribution in [-0.4, -0.2) is 37.6 Å². The van der Waals surface area contributed by atoms with E-state index in [0.717, 1.165) is 19.5 Å². The molecule has 3 heteroatoms. The zero-order chi connectivity index (χ0) is 12.0. The molecule has 4 N–H and O–H groups in total. The third-order valence-electron chi connectivity index (χ3n) is 2.75. The molecule has 90 valence electrons. The Morgan fingerprint density at radius 1 is 1.25 bits per heavy atom. The first-order valence-corrected chi connectivity index (χ1v) is 5.81. The topological polar surface area (TPSA) is 55.3 Å². The molecular formula is C13H23N3. The van der Waals surface area contributed by atoms with Crippen molar-refractivity contribution in [2.45, 2.75) is 19.4 Å². The van der Waals surface area contributed by atoms with E-state index in [1.54, 1.807) is 0 Å². The second-order valence-corrected chi connectivity index (χ2v) is 4.49. The molecule has 0 bridgehead atoms. The Bertz CT molecular complexity index is 295. The second-order valence-electron chi connectivity index (χ2n) is 4.49. The fraction of sp³-hybridized carbons (Fsp3) is 0.538. The van der Waals surface area contributed by atoms with Gasteiger partial charge in [-0.3, -0.25) is 0 Å². The van der Waals surface area contributed by atoms with Crippen LogP contribution in [0, 0.1) is 6.92 Å². The predicted octanol–water partition coefficient (Wildman–Crippen LogP) is 0.755. The Kier molecular flexibility index (Phi) is 5.46. The Hall–Kier alpha value is -0.900. The molecule has 1 unspecified atom stereocenters. The monoisotopic (exact) mass is 221 g/mol. The maximum absolute atomic E-state index is 5.80. The number of likely N-dealkylation sites (N-methyl/N-ethyl adjacent to an activating group) is 1. The molecule has 0 heterocycles. The summed E-state index contributed by atoms with van der Waals surface area (Å²) in [5.41, 5.74) is 14.0. The van der Waals surface area contributed by atoms with Gasteiger partial charge in [-0.25, -0.2) is 0 Å². The van der Waals surface area contributed by atoms with Crippen molar-refractivity contribution in [3.05, 3.63) is 35.4 Å². The first kappa shape index (κ1) is 13.2. The molecule has 0 aromatic heterocycles. The molecule has 0 saturated carbocycles. The zero-order valence-corrected chi connectivity index (χ0v) is 10.3. The highest BCUT2D eigenvalue weighted by molar-refractivity contribution is 5.21. The number of aryl methyl sites for hydroxylation is 1. The van der Waals surface area contributed by atoms with Crippen LogP contribution < -0.4 is 11.5 Å². The Morgan fingerprint density at radius 3 is 2.44 bits per heavy atom. The van der Waals surface area contributed by atoms with Crippen LogP contribution in [0.2, 0.25) is 0 Å². The fourth-order valence-corrected chi connectivity index (χ4v) is 1.64. The summed E-state index contributed by atoms with van der Waals surface area (Å²) in [7, 11) is 2.09. The van der Waals surface area contributed by atoms with E-state index in [4.69, 9.17) is 11.5 Å². The van der Waals surface area contributed by atoms with Crippen molar-refractivity contribution < 1.29 is 0 Å². The van der Waals surface area contributed by atoms with E-state index >= 15 is 0 Å². The van der Waals surface area contributed by atoms with E-state index in [-0.39, 0.29) is 6.04 Å². The first-order chi connectivity index (χ1) is 7.61.